The smallest absolute Gasteiger partial charge is 0.336 e. The van der Waals surface area contributed by atoms with Gasteiger partial charge in [0, 0.05) is 13.5 Å². The highest BCUT2D eigenvalue weighted by atomic mass is 32.2. The first-order chi connectivity index (χ1) is 15.6. The third kappa shape index (κ3) is 5.94. The predicted molar refractivity (Wildman–Crippen MR) is 121 cm³/mol. The van der Waals surface area contributed by atoms with Gasteiger partial charge in [0.05, 0.1) is 10.5 Å². The van der Waals surface area contributed by atoms with Crippen LogP contribution in [0.4, 0.5) is 8.78 Å². The molecule has 0 aliphatic rings. The van der Waals surface area contributed by atoms with E-state index in [1.807, 2.05) is 0 Å². The zero-order valence-electron chi connectivity index (χ0n) is 18.1. The Morgan fingerprint density at radius 2 is 1.79 bits per heavy atom. The summed E-state index contributed by atoms with van der Waals surface area (Å²) in [6.07, 6.45) is 0.384. The minimum absolute atomic E-state index is 0. The van der Waals surface area contributed by atoms with Gasteiger partial charge in [0.25, 0.3) is 0 Å². The first-order valence-corrected chi connectivity index (χ1v) is 11.6. The third-order valence-electron chi connectivity index (χ3n) is 5.24. The van der Waals surface area contributed by atoms with Gasteiger partial charge in [-0.3, -0.25) is 0 Å². The fraction of sp³-hybridized carbons (Fsp3) is 0.208. The molecule has 0 spiro atoms. The van der Waals surface area contributed by atoms with E-state index in [-0.39, 0.29) is 30.6 Å². The fourth-order valence-electron chi connectivity index (χ4n) is 3.19. The Hall–Kier alpha value is -3.30. The molecule has 2 N–H and O–H groups in total. The molecule has 3 rings (SSSR count). The summed E-state index contributed by atoms with van der Waals surface area (Å²) in [6, 6.07) is 13.3. The van der Waals surface area contributed by atoms with E-state index in [1.165, 1.54) is 18.2 Å². The molecule has 0 bridgehead atoms. The highest BCUT2D eigenvalue weighted by Gasteiger charge is 2.19. The number of aromatic carboxylic acids is 1. The van der Waals surface area contributed by atoms with Crippen LogP contribution in [-0.4, -0.2) is 26.0 Å². The molecule has 176 valence electrons. The van der Waals surface area contributed by atoms with Gasteiger partial charge in [-0.05, 0) is 67.3 Å². The fourth-order valence-corrected chi connectivity index (χ4v) is 4.33. The Morgan fingerprint density at radius 3 is 2.45 bits per heavy atom. The van der Waals surface area contributed by atoms with Gasteiger partial charge in [-0.15, -0.1) is 0 Å². The first kappa shape index (κ1) is 24.3. The molecule has 0 atom stereocenters. The van der Waals surface area contributed by atoms with Crippen LogP contribution in [-0.2, 0) is 23.1 Å². The second-order valence-electron chi connectivity index (χ2n) is 7.51. The summed E-state index contributed by atoms with van der Waals surface area (Å²) in [7, 11) is -3.88. The Bertz CT molecular complexity index is 1280. The van der Waals surface area contributed by atoms with E-state index in [1.54, 1.807) is 38.1 Å². The van der Waals surface area contributed by atoms with E-state index in [4.69, 9.17) is 4.74 Å². The lowest BCUT2D eigenvalue weighted by Crippen LogP contribution is -2.26. The zero-order chi connectivity index (χ0) is 24.2. The van der Waals surface area contributed by atoms with Crippen molar-refractivity contribution in [1.29, 1.82) is 0 Å². The van der Waals surface area contributed by atoms with Gasteiger partial charge in [-0.1, -0.05) is 24.3 Å². The summed E-state index contributed by atoms with van der Waals surface area (Å²) in [5.74, 6) is -2.61. The lowest BCUT2D eigenvalue weighted by Gasteiger charge is -2.11. The molecule has 0 saturated heterocycles. The number of hydrogen-bond donors (Lipinski definition) is 2. The molecule has 0 heterocycles. The van der Waals surface area contributed by atoms with Crippen LogP contribution in [0.1, 0.15) is 34.0 Å². The van der Waals surface area contributed by atoms with Gasteiger partial charge >= 0.3 is 5.97 Å². The molecule has 0 saturated carbocycles. The van der Waals surface area contributed by atoms with Gasteiger partial charge in [0.15, 0.2) is 11.6 Å². The van der Waals surface area contributed by atoms with E-state index in [9.17, 15) is 27.1 Å². The predicted octanol–water partition coefficient (Wildman–Crippen LogP) is 4.63. The summed E-state index contributed by atoms with van der Waals surface area (Å²) in [5, 5.41) is 9.30. The van der Waals surface area contributed by atoms with Crippen molar-refractivity contribution in [3.63, 3.8) is 0 Å². The number of aryl methyl sites for hydroxylation is 1. The molecule has 0 amide bonds. The maximum atomic E-state index is 13.7. The minimum atomic E-state index is -3.88. The lowest BCUT2D eigenvalue weighted by molar-refractivity contribution is 0.0695. The Labute approximate surface area is 192 Å². The topological polar surface area (TPSA) is 92.7 Å². The second-order valence-corrected chi connectivity index (χ2v) is 9.28. The molecule has 0 aliphatic carbocycles. The van der Waals surface area contributed by atoms with Crippen LogP contribution in [0.3, 0.4) is 0 Å². The van der Waals surface area contributed by atoms with E-state index < -0.39 is 27.6 Å². The first-order valence-electron chi connectivity index (χ1n) is 10.1. The van der Waals surface area contributed by atoms with Gasteiger partial charge in [0.2, 0.25) is 10.0 Å². The molecule has 0 aromatic heterocycles. The summed E-state index contributed by atoms with van der Waals surface area (Å²) in [6.45, 7) is 3.27. The second kappa shape index (κ2) is 10.1. The van der Waals surface area contributed by atoms with Crippen molar-refractivity contribution in [3.05, 3.63) is 94.0 Å². The largest absolute Gasteiger partial charge is 0.489 e. The average molecular weight is 478 g/mol. The number of rotatable bonds is 9. The van der Waals surface area contributed by atoms with Gasteiger partial charge in [-0.2, -0.15) is 0 Å². The zero-order valence-corrected chi connectivity index (χ0v) is 18.9. The lowest BCUT2D eigenvalue weighted by atomic mass is 10.0. The van der Waals surface area contributed by atoms with Gasteiger partial charge in [0.1, 0.15) is 12.4 Å². The number of carboxylic acid groups (broad SMARTS) is 1. The van der Waals surface area contributed by atoms with Crippen LogP contribution in [0, 0.1) is 25.5 Å². The van der Waals surface area contributed by atoms with Crippen LogP contribution >= 0.6 is 0 Å². The molecule has 6 nitrogen and oxygen atoms in total. The normalized spacial score (nSPS) is 11.4. The van der Waals surface area contributed by atoms with E-state index in [0.717, 1.165) is 17.7 Å². The number of carboxylic acids is 1. The molecular weight excluding hydrogens is 452 g/mol. The van der Waals surface area contributed by atoms with Crippen molar-refractivity contribution in [3.8, 4) is 5.75 Å². The van der Waals surface area contributed by atoms with Crippen molar-refractivity contribution >= 4 is 16.0 Å². The van der Waals surface area contributed by atoms with Crippen molar-refractivity contribution in [1.82, 2.24) is 4.72 Å². The van der Waals surface area contributed by atoms with Gasteiger partial charge < -0.3 is 9.84 Å². The molecule has 0 fully saturated rings. The summed E-state index contributed by atoms with van der Waals surface area (Å²) >= 11 is 0. The number of hydrogen-bond acceptors (Lipinski definition) is 4. The van der Waals surface area contributed by atoms with E-state index >= 15 is 0 Å². The van der Waals surface area contributed by atoms with Crippen LogP contribution in [0.25, 0.3) is 0 Å². The Morgan fingerprint density at radius 1 is 1.09 bits per heavy atom. The molecule has 3 aromatic rings. The van der Waals surface area contributed by atoms with Crippen molar-refractivity contribution in [2.45, 2.75) is 31.8 Å². The number of ether oxygens (including phenoxy) is 1. The summed E-state index contributed by atoms with van der Waals surface area (Å²) < 4.78 is 60.1. The summed E-state index contributed by atoms with van der Waals surface area (Å²) in [5.41, 5.74) is 1.97. The van der Waals surface area contributed by atoms with Crippen molar-refractivity contribution in [2.24, 2.45) is 0 Å². The van der Waals surface area contributed by atoms with Crippen LogP contribution in [0.15, 0.2) is 59.5 Å². The number of sulfonamides is 1. The van der Waals surface area contributed by atoms with Crippen molar-refractivity contribution < 1.29 is 33.3 Å². The highest BCUT2D eigenvalue weighted by molar-refractivity contribution is 7.89. The number of halogens is 2. The SMILES string of the molecule is Cc1cc(S(=O)(=O)NCCc2ccc(OCc3cccc(F)c3F)cc2)cc(C(=O)O)c1C.[HH]. The Kier molecular flexibility index (Phi) is 7.45. The highest BCUT2D eigenvalue weighted by Crippen LogP contribution is 2.21. The number of benzene rings is 3. The van der Waals surface area contributed by atoms with Crippen LogP contribution in [0.2, 0.25) is 0 Å². The monoisotopic (exact) mass is 477 g/mol. The van der Waals surface area contributed by atoms with E-state index in [0.29, 0.717) is 23.3 Å². The summed E-state index contributed by atoms with van der Waals surface area (Å²) in [4.78, 5) is 11.3. The van der Waals surface area contributed by atoms with Crippen LogP contribution in [0.5, 0.6) is 5.75 Å². The molecular formula is C24H25F2NO5S. The minimum Gasteiger partial charge on any atom is -0.489 e. The van der Waals surface area contributed by atoms with Gasteiger partial charge in [-0.25, -0.2) is 26.7 Å². The third-order valence-corrected chi connectivity index (χ3v) is 6.68. The standard InChI is InChI=1S/C24H23F2NO5S.H2/c1-15-12-20(13-21(16(15)2)24(28)29)33(30,31)27-11-10-17-6-8-19(9-7-17)32-14-18-4-3-5-22(25)23(18)26;/h3-9,12-13,27H,10-11,14H2,1-2H3,(H,28,29);1H. The van der Waals surface area contributed by atoms with Crippen LogP contribution < -0.4 is 9.46 Å². The molecule has 9 heteroatoms. The maximum absolute atomic E-state index is 13.7. The van der Waals surface area contributed by atoms with Crippen molar-refractivity contribution in [2.75, 3.05) is 6.54 Å². The molecule has 0 unspecified atom stereocenters. The number of nitrogens with one attached hydrogen (secondary N) is 1. The van der Waals surface area contributed by atoms with E-state index in [2.05, 4.69) is 4.72 Å². The molecule has 0 radical (unpaired) electrons. The average Bonchev–Trinajstić information content (AvgIpc) is 2.77. The quantitative estimate of drug-likeness (QED) is 0.469. The maximum Gasteiger partial charge on any atom is 0.336 e. The molecule has 3 aromatic carbocycles. The number of carbonyl (C=O) groups is 1. The Balaban J connectivity index is 0.00000408. The molecule has 0 aliphatic heterocycles. The molecule has 33 heavy (non-hydrogen) atoms.